The maximum absolute atomic E-state index is 13.8. The van der Waals surface area contributed by atoms with Crippen molar-refractivity contribution in [2.24, 2.45) is 0 Å². The van der Waals surface area contributed by atoms with E-state index >= 15 is 0 Å². The van der Waals surface area contributed by atoms with Gasteiger partial charge in [-0.2, -0.15) is 0 Å². The van der Waals surface area contributed by atoms with Gasteiger partial charge in [-0.25, -0.2) is 12.4 Å². The third-order valence-corrected chi connectivity index (χ3v) is 8.20. The van der Waals surface area contributed by atoms with Gasteiger partial charge in [-0.3, -0.25) is 9.59 Å². The number of hydrogen-bond acceptors (Lipinski definition) is 4. The largest absolute Gasteiger partial charge is 0.285 e. The molecule has 0 atom stereocenters. The number of rotatable bonds is 3. The van der Waals surface area contributed by atoms with Gasteiger partial charge in [-0.05, 0) is 53.1 Å². The number of fused-ring (bicyclic) bond motifs is 4. The Morgan fingerprint density at radius 1 is 0.686 bits per heavy atom. The number of carbonyl (C=O) groups excluding carboxylic acids is 2. The summed E-state index contributed by atoms with van der Waals surface area (Å²) in [5.41, 5.74) is 3.04. The van der Waals surface area contributed by atoms with Crippen LogP contribution in [0.15, 0.2) is 102 Å². The van der Waals surface area contributed by atoms with Crippen LogP contribution in [-0.2, 0) is 10.0 Å². The van der Waals surface area contributed by atoms with Crippen molar-refractivity contribution in [1.82, 2.24) is 3.97 Å². The molecule has 0 unspecified atom stereocenters. The number of hydrogen-bond donors (Lipinski definition) is 0. The van der Waals surface area contributed by atoms with Crippen molar-refractivity contribution < 1.29 is 18.0 Å². The molecule has 5 aromatic rings. The molecule has 5 nitrogen and oxygen atoms in total. The monoisotopic (exact) mass is 477 g/mol. The lowest BCUT2D eigenvalue weighted by Gasteiger charge is -2.20. The number of Topliss-reactive ketones (excluding diaryl/α,β-unsaturated/α-hetero) is 2. The minimum Gasteiger partial charge on any atom is -0.285 e. The van der Waals surface area contributed by atoms with Gasteiger partial charge in [0, 0.05) is 22.9 Å². The van der Waals surface area contributed by atoms with Gasteiger partial charge >= 0.3 is 0 Å². The summed E-state index contributed by atoms with van der Waals surface area (Å²) in [5.74, 6) is -1.34. The standard InChI is InChI=1S/C29H19NO4S/c1-18-9-8-12-20-15-24-23(16-22(18)20)27-26(29(32)28(24)31)25(19-10-4-2-5-11-19)17-30(27)35(33,34)21-13-6-3-7-14-21/h2-17H,1H3. The van der Waals surface area contributed by atoms with Crippen molar-refractivity contribution in [1.29, 1.82) is 0 Å². The SMILES string of the molecule is Cc1cccc2cc3c(cc12)-c1c(c(-c2ccccc2)cn1S(=O)(=O)c1ccccc1)C(=O)C3=O. The third kappa shape index (κ3) is 3.11. The van der Waals surface area contributed by atoms with Crippen molar-refractivity contribution in [2.45, 2.75) is 11.8 Å². The first kappa shape index (κ1) is 21.3. The van der Waals surface area contributed by atoms with E-state index in [0.717, 1.165) is 20.3 Å². The van der Waals surface area contributed by atoms with Crippen LogP contribution in [0.25, 0.3) is 33.2 Å². The molecule has 170 valence electrons. The highest BCUT2D eigenvalue weighted by Gasteiger charge is 2.39. The average Bonchev–Trinajstić information content (AvgIpc) is 3.30. The van der Waals surface area contributed by atoms with Crippen molar-refractivity contribution in [2.75, 3.05) is 0 Å². The summed E-state index contributed by atoms with van der Waals surface area (Å²) < 4.78 is 28.9. The van der Waals surface area contributed by atoms with E-state index in [4.69, 9.17) is 0 Å². The van der Waals surface area contributed by atoms with Crippen LogP contribution in [0, 0.1) is 6.92 Å². The fraction of sp³-hybridized carbons (Fsp3) is 0.0345. The maximum atomic E-state index is 13.8. The molecule has 6 rings (SSSR count). The summed E-state index contributed by atoms with van der Waals surface area (Å²) in [6, 6.07) is 26.4. The molecule has 35 heavy (non-hydrogen) atoms. The van der Waals surface area contributed by atoms with Gasteiger partial charge in [-0.15, -0.1) is 0 Å². The predicted octanol–water partition coefficient (Wildman–Crippen LogP) is 5.90. The lowest BCUT2D eigenvalue weighted by atomic mass is 9.83. The van der Waals surface area contributed by atoms with E-state index in [1.165, 1.54) is 18.3 Å². The van der Waals surface area contributed by atoms with Crippen molar-refractivity contribution >= 4 is 32.4 Å². The Kier molecular flexibility index (Phi) is 4.62. The molecule has 1 aromatic heterocycles. The first-order valence-corrected chi connectivity index (χ1v) is 12.6. The minimum absolute atomic E-state index is 0.0975. The molecule has 1 aliphatic rings. The van der Waals surface area contributed by atoms with Gasteiger partial charge in [-0.1, -0.05) is 66.7 Å². The molecule has 1 aliphatic carbocycles. The first-order valence-electron chi connectivity index (χ1n) is 11.1. The Bertz CT molecular complexity index is 1780. The number of aromatic nitrogens is 1. The van der Waals surface area contributed by atoms with Gasteiger partial charge in [0.05, 0.1) is 16.2 Å². The zero-order valence-corrected chi connectivity index (χ0v) is 19.5. The predicted molar refractivity (Wildman–Crippen MR) is 135 cm³/mol. The van der Waals surface area contributed by atoms with Gasteiger partial charge in [0.1, 0.15) is 0 Å². The Hall–Kier alpha value is -4.29. The number of nitrogens with zero attached hydrogens (tertiary/aromatic N) is 1. The lowest BCUT2D eigenvalue weighted by Crippen LogP contribution is -2.23. The number of ketones is 2. The second-order valence-electron chi connectivity index (χ2n) is 8.60. The zero-order chi connectivity index (χ0) is 24.3. The molecule has 0 spiro atoms. The molecule has 4 aromatic carbocycles. The van der Waals surface area contributed by atoms with E-state index in [2.05, 4.69) is 0 Å². The molecule has 0 radical (unpaired) electrons. The average molecular weight is 478 g/mol. The highest BCUT2D eigenvalue weighted by atomic mass is 32.2. The quantitative estimate of drug-likeness (QED) is 0.303. The van der Waals surface area contributed by atoms with Crippen LogP contribution in [0.2, 0.25) is 0 Å². The van der Waals surface area contributed by atoms with Gasteiger partial charge in [0.25, 0.3) is 10.0 Å². The molecular weight excluding hydrogens is 458 g/mol. The number of aryl methyl sites for hydroxylation is 1. The van der Waals surface area contributed by atoms with Crippen LogP contribution >= 0.6 is 0 Å². The first-order chi connectivity index (χ1) is 16.9. The highest BCUT2D eigenvalue weighted by molar-refractivity contribution is 7.90. The van der Waals surface area contributed by atoms with E-state index < -0.39 is 21.6 Å². The smallest absolute Gasteiger partial charge is 0.268 e. The molecule has 0 fully saturated rings. The number of carbonyl (C=O) groups is 2. The molecular formula is C29H19NO4S. The van der Waals surface area contributed by atoms with E-state index in [9.17, 15) is 18.0 Å². The van der Waals surface area contributed by atoms with E-state index in [0.29, 0.717) is 16.7 Å². The van der Waals surface area contributed by atoms with Crippen LogP contribution in [0.4, 0.5) is 0 Å². The fourth-order valence-electron chi connectivity index (χ4n) is 4.80. The normalized spacial score (nSPS) is 13.1. The Morgan fingerprint density at radius 3 is 2.09 bits per heavy atom. The summed E-state index contributed by atoms with van der Waals surface area (Å²) in [5, 5.41) is 1.71. The molecule has 0 bridgehead atoms. The Morgan fingerprint density at radius 2 is 1.37 bits per heavy atom. The van der Waals surface area contributed by atoms with Crippen molar-refractivity contribution in [3.8, 4) is 22.4 Å². The van der Waals surface area contributed by atoms with E-state index in [1.807, 2.05) is 49.4 Å². The molecule has 6 heteroatoms. The third-order valence-electron chi connectivity index (χ3n) is 6.53. The van der Waals surface area contributed by atoms with Gasteiger partial charge < -0.3 is 0 Å². The second-order valence-corrected chi connectivity index (χ2v) is 10.4. The molecule has 0 N–H and O–H groups in total. The zero-order valence-electron chi connectivity index (χ0n) is 18.7. The van der Waals surface area contributed by atoms with Crippen LogP contribution in [0.3, 0.4) is 0 Å². The van der Waals surface area contributed by atoms with Crippen molar-refractivity contribution in [3.63, 3.8) is 0 Å². The fourth-order valence-corrected chi connectivity index (χ4v) is 6.20. The van der Waals surface area contributed by atoms with Crippen LogP contribution in [0.1, 0.15) is 26.3 Å². The summed E-state index contributed by atoms with van der Waals surface area (Å²) >= 11 is 0. The highest BCUT2D eigenvalue weighted by Crippen LogP contribution is 2.43. The second kappa shape index (κ2) is 7.61. The van der Waals surface area contributed by atoms with E-state index in [-0.39, 0.29) is 21.7 Å². The molecule has 1 heterocycles. The van der Waals surface area contributed by atoms with Gasteiger partial charge in [0.2, 0.25) is 11.6 Å². The molecule has 0 amide bonds. The topological polar surface area (TPSA) is 73.2 Å². The lowest BCUT2D eigenvalue weighted by molar-refractivity contribution is 0.0816. The Labute approximate surface area is 202 Å². The van der Waals surface area contributed by atoms with Crippen molar-refractivity contribution in [3.05, 3.63) is 114 Å². The van der Waals surface area contributed by atoms with Gasteiger partial charge in [0.15, 0.2) is 0 Å². The van der Waals surface area contributed by atoms with E-state index in [1.54, 1.807) is 36.4 Å². The van der Waals surface area contributed by atoms with Crippen LogP contribution in [0.5, 0.6) is 0 Å². The summed E-state index contributed by atoms with van der Waals surface area (Å²) in [4.78, 5) is 26.9. The Balaban J connectivity index is 1.77. The maximum Gasteiger partial charge on any atom is 0.268 e. The summed E-state index contributed by atoms with van der Waals surface area (Å²) in [6.45, 7) is 1.96. The molecule has 0 saturated carbocycles. The minimum atomic E-state index is -4.06. The van der Waals surface area contributed by atoms with Crippen LogP contribution < -0.4 is 0 Å². The number of benzene rings is 4. The molecule has 0 saturated heterocycles. The summed E-state index contributed by atoms with van der Waals surface area (Å²) in [6.07, 6.45) is 1.46. The van der Waals surface area contributed by atoms with Crippen LogP contribution in [-0.4, -0.2) is 24.0 Å². The summed E-state index contributed by atoms with van der Waals surface area (Å²) in [7, 11) is -4.06. The molecule has 0 aliphatic heterocycles.